The number of hydrogen-bond donors (Lipinski definition) is 0. The minimum Gasteiger partial charge on any atom is -0.463 e. The SMILES string of the molecule is CCOC(=O)/C=C/CC[N+](=O)[O-]. The van der Waals surface area contributed by atoms with Gasteiger partial charge in [-0.2, -0.15) is 0 Å². The number of ether oxygens (including phenoxy) is 1. The van der Waals surface area contributed by atoms with Crippen molar-refractivity contribution < 1.29 is 14.5 Å². The Kier molecular flexibility index (Phi) is 5.60. The Labute approximate surface area is 70.2 Å². The molecule has 5 heteroatoms. The third-order valence-electron chi connectivity index (χ3n) is 1.02. The largest absolute Gasteiger partial charge is 0.463 e. The van der Waals surface area contributed by atoms with Gasteiger partial charge in [-0.1, -0.05) is 6.08 Å². The molecule has 0 saturated heterocycles. The molecule has 0 bridgehead atoms. The van der Waals surface area contributed by atoms with E-state index in [1.807, 2.05) is 0 Å². The highest BCUT2D eigenvalue weighted by Gasteiger charge is 1.95. The molecule has 0 unspecified atom stereocenters. The van der Waals surface area contributed by atoms with Gasteiger partial charge in [0.1, 0.15) is 0 Å². The van der Waals surface area contributed by atoms with E-state index in [9.17, 15) is 14.9 Å². The highest BCUT2D eigenvalue weighted by molar-refractivity contribution is 5.81. The van der Waals surface area contributed by atoms with E-state index in [-0.39, 0.29) is 13.0 Å². The summed E-state index contributed by atoms with van der Waals surface area (Å²) in [6.45, 7) is 1.86. The van der Waals surface area contributed by atoms with Gasteiger partial charge < -0.3 is 4.74 Å². The summed E-state index contributed by atoms with van der Waals surface area (Å²) in [5.41, 5.74) is 0. The van der Waals surface area contributed by atoms with Crippen molar-refractivity contribution in [1.29, 1.82) is 0 Å². The van der Waals surface area contributed by atoms with E-state index in [2.05, 4.69) is 4.74 Å². The highest BCUT2D eigenvalue weighted by Crippen LogP contribution is 1.86. The maximum atomic E-state index is 10.6. The van der Waals surface area contributed by atoms with Crippen LogP contribution in [-0.2, 0) is 9.53 Å². The number of carbonyl (C=O) groups is 1. The van der Waals surface area contributed by atoms with Crippen LogP contribution in [0.2, 0.25) is 0 Å². The molecule has 0 aliphatic rings. The van der Waals surface area contributed by atoms with Crippen LogP contribution in [0.4, 0.5) is 0 Å². The van der Waals surface area contributed by atoms with Crippen molar-refractivity contribution in [3.8, 4) is 0 Å². The molecular weight excluding hydrogens is 162 g/mol. The second kappa shape index (κ2) is 6.33. The van der Waals surface area contributed by atoms with Crippen molar-refractivity contribution in [2.24, 2.45) is 0 Å². The zero-order chi connectivity index (χ0) is 9.40. The summed E-state index contributed by atoms with van der Waals surface area (Å²) in [5, 5.41) is 9.83. The Hall–Kier alpha value is -1.39. The summed E-state index contributed by atoms with van der Waals surface area (Å²) >= 11 is 0. The van der Waals surface area contributed by atoms with Crippen molar-refractivity contribution in [3.63, 3.8) is 0 Å². The standard InChI is InChI=1S/C7H11NO4/c1-2-12-7(9)5-3-4-6-8(10)11/h3,5H,2,4,6H2,1H3/b5-3+. The molecule has 0 rings (SSSR count). The fraction of sp³-hybridized carbons (Fsp3) is 0.571. The van der Waals surface area contributed by atoms with Crippen LogP contribution in [0.15, 0.2) is 12.2 Å². The van der Waals surface area contributed by atoms with Crippen LogP contribution in [-0.4, -0.2) is 24.0 Å². The molecule has 0 fully saturated rings. The third kappa shape index (κ3) is 6.73. The molecule has 0 spiro atoms. The normalized spacial score (nSPS) is 10.1. The van der Waals surface area contributed by atoms with Crippen LogP contribution in [0.25, 0.3) is 0 Å². The first-order chi connectivity index (χ1) is 5.66. The molecule has 0 saturated carbocycles. The van der Waals surface area contributed by atoms with Crippen LogP contribution < -0.4 is 0 Å². The minimum absolute atomic E-state index is 0.157. The quantitative estimate of drug-likeness (QED) is 0.266. The monoisotopic (exact) mass is 173 g/mol. The van der Waals surface area contributed by atoms with Gasteiger partial charge in [0.2, 0.25) is 6.54 Å². The lowest BCUT2D eigenvalue weighted by Gasteiger charge is -1.93. The van der Waals surface area contributed by atoms with Crippen molar-refractivity contribution in [1.82, 2.24) is 0 Å². The predicted molar refractivity (Wildman–Crippen MR) is 42.3 cm³/mol. The molecule has 0 heterocycles. The lowest BCUT2D eigenvalue weighted by Crippen LogP contribution is -2.01. The molecule has 68 valence electrons. The van der Waals surface area contributed by atoms with Crippen LogP contribution in [0.5, 0.6) is 0 Å². The summed E-state index contributed by atoms with van der Waals surface area (Å²) in [6.07, 6.45) is 2.89. The molecule has 0 aromatic carbocycles. The van der Waals surface area contributed by atoms with Crippen LogP contribution in [0.3, 0.4) is 0 Å². The van der Waals surface area contributed by atoms with Gasteiger partial charge in [0.25, 0.3) is 0 Å². The van der Waals surface area contributed by atoms with E-state index in [1.54, 1.807) is 6.92 Å². The number of rotatable bonds is 5. The summed E-state index contributed by atoms with van der Waals surface area (Å²) in [7, 11) is 0. The number of esters is 1. The van der Waals surface area contributed by atoms with Crippen LogP contribution in [0.1, 0.15) is 13.3 Å². The Morgan fingerprint density at radius 2 is 2.33 bits per heavy atom. The zero-order valence-corrected chi connectivity index (χ0v) is 6.86. The van der Waals surface area contributed by atoms with E-state index in [0.717, 1.165) is 0 Å². The first kappa shape index (κ1) is 10.6. The molecule has 0 amide bonds. The number of nitrogens with zero attached hydrogens (tertiary/aromatic N) is 1. The fourth-order valence-electron chi connectivity index (χ4n) is 0.550. The molecule has 0 radical (unpaired) electrons. The van der Waals surface area contributed by atoms with Gasteiger partial charge in [0.05, 0.1) is 6.61 Å². The van der Waals surface area contributed by atoms with Crippen LogP contribution in [0, 0.1) is 10.1 Å². The molecule has 0 aliphatic heterocycles. The van der Waals surface area contributed by atoms with E-state index in [1.165, 1.54) is 12.2 Å². The Balaban J connectivity index is 3.48. The minimum atomic E-state index is -0.458. The second-order valence-corrected chi connectivity index (χ2v) is 2.00. The highest BCUT2D eigenvalue weighted by atomic mass is 16.6. The number of hydrogen-bond acceptors (Lipinski definition) is 4. The van der Waals surface area contributed by atoms with Gasteiger partial charge in [-0.3, -0.25) is 10.1 Å². The molecular formula is C7H11NO4. The lowest BCUT2D eigenvalue weighted by molar-refractivity contribution is -0.478. The van der Waals surface area contributed by atoms with E-state index < -0.39 is 10.9 Å². The van der Waals surface area contributed by atoms with Gasteiger partial charge in [0, 0.05) is 17.4 Å². The average molecular weight is 173 g/mol. The third-order valence-corrected chi connectivity index (χ3v) is 1.02. The molecule has 12 heavy (non-hydrogen) atoms. The molecule has 0 aromatic heterocycles. The maximum absolute atomic E-state index is 10.6. The Morgan fingerprint density at radius 3 is 2.83 bits per heavy atom. The number of nitro groups is 1. The average Bonchev–Trinajstić information content (AvgIpc) is 1.98. The van der Waals surface area contributed by atoms with Gasteiger partial charge in [-0.25, -0.2) is 4.79 Å². The smallest absolute Gasteiger partial charge is 0.330 e. The topological polar surface area (TPSA) is 69.4 Å². The zero-order valence-electron chi connectivity index (χ0n) is 6.86. The van der Waals surface area contributed by atoms with E-state index in [4.69, 9.17) is 0 Å². The van der Waals surface area contributed by atoms with Gasteiger partial charge in [-0.15, -0.1) is 0 Å². The summed E-state index contributed by atoms with van der Waals surface area (Å²) in [4.78, 5) is 20.0. The van der Waals surface area contributed by atoms with Gasteiger partial charge in [0.15, 0.2) is 0 Å². The summed E-state index contributed by atoms with van der Waals surface area (Å²) < 4.78 is 4.55. The van der Waals surface area contributed by atoms with Gasteiger partial charge >= 0.3 is 5.97 Å². The van der Waals surface area contributed by atoms with Crippen LogP contribution >= 0.6 is 0 Å². The predicted octanol–water partition coefficient (Wildman–Crippen LogP) is 0.772. The van der Waals surface area contributed by atoms with E-state index >= 15 is 0 Å². The first-order valence-corrected chi connectivity index (χ1v) is 3.62. The molecule has 0 atom stereocenters. The molecule has 0 aliphatic carbocycles. The summed E-state index contributed by atoms with van der Waals surface area (Å²) in [5.74, 6) is -0.458. The Morgan fingerprint density at radius 1 is 1.67 bits per heavy atom. The molecule has 0 N–H and O–H groups in total. The molecule has 5 nitrogen and oxygen atoms in total. The first-order valence-electron chi connectivity index (χ1n) is 3.62. The van der Waals surface area contributed by atoms with Crippen molar-refractivity contribution in [2.45, 2.75) is 13.3 Å². The fourth-order valence-corrected chi connectivity index (χ4v) is 0.550. The second-order valence-electron chi connectivity index (χ2n) is 2.00. The lowest BCUT2D eigenvalue weighted by atomic mass is 10.4. The summed E-state index contributed by atoms with van der Waals surface area (Å²) in [6, 6.07) is 0. The van der Waals surface area contributed by atoms with Crippen molar-refractivity contribution >= 4 is 5.97 Å². The Bertz CT molecular complexity index is 188. The van der Waals surface area contributed by atoms with Gasteiger partial charge in [-0.05, 0) is 6.92 Å². The maximum Gasteiger partial charge on any atom is 0.330 e. The molecule has 0 aromatic rings. The van der Waals surface area contributed by atoms with Crippen molar-refractivity contribution in [2.75, 3.05) is 13.2 Å². The van der Waals surface area contributed by atoms with Crippen molar-refractivity contribution in [3.05, 3.63) is 22.3 Å². The number of carbonyl (C=O) groups excluding carboxylic acids is 1. The van der Waals surface area contributed by atoms with E-state index in [0.29, 0.717) is 6.61 Å².